The summed E-state index contributed by atoms with van der Waals surface area (Å²) in [5.41, 5.74) is 3.75. The van der Waals surface area contributed by atoms with Crippen LogP contribution in [-0.4, -0.2) is 26.9 Å². The highest BCUT2D eigenvalue weighted by Gasteiger charge is 2.09. The summed E-state index contributed by atoms with van der Waals surface area (Å²) in [4.78, 5) is 0. The summed E-state index contributed by atoms with van der Waals surface area (Å²) in [5, 5.41) is 3.38. The Hall–Kier alpha value is -1.06. The predicted molar refractivity (Wildman–Crippen MR) is 89.1 cm³/mol. The molecule has 0 saturated heterocycles. The van der Waals surface area contributed by atoms with Gasteiger partial charge in [0.15, 0.2) is 0 Å². The van der Waals surface area contributed by atoms with Gasteiger partial charge >= 0.3 is 0 Å². The molecule has 120 valence electrons. The first-order valence-electron chi connectivity index (χ1n) is 8.04. The summed E-state index contributed by atoms with van der Waals surface area (Å²) in [6, 6.07) is 4.43. The molecule has 21 heavy (non-hydrogen) atoms. The lowest BCUT2D eigenvalue weighted by atomic mass is 10.0. The molecule has 0 aliphatic heterocycles. The van der Waals surface area contributed by atoms with Gasteiger partial charge in [-0.25, -0.2) is 0 Å². The number of methoxy groups -OCH3 is 1. The summed E-state index contributed by atoms with van der Waals surface area (Å²) in [6.45, 7) is 12.0. The van der Waals surface area contributed by atoms with Crippen LogP contribution in [0.1, 0.15) is 43.4 Å². The van der Waals surface area contributed by atoms with E-state index in [4.69, 9.17) is 9.47 Å². The smallest absolute Gasteiger partial charge is 0.125 e. The van der Waals surface area contributed by atoms with Crippen LogP contribution in [0.2, 0.25) is 0 Å². The molecule has 0 amide bonds. The Morgan fingerprint density at radius 3 is 2.24 bits per heavy atom. The molecule has 0 heterocycles. The Morgan fingerprint density at radius 1 is 1.10 bits per heavy atom. The van der Waals surface area contributed by atoms with Crippen molar-refractivity contribution in [2.24, 2.45) is 5.92 Å². The summed E-state index contributed by atoms with van der Waals surface area (Å²) >= 11 is 0. The first-order chi connectivity index (χ1) is 10.1. The Balaban J connectivity index is 2.62. The highest BCUT2D eigenvalue weighted by Crippen LogP contribution is 2.26. The predicted octanol–water partition coefficient (Wildman–Crippen LogP) is 3.85. The van der Waals surface area contributed by atoms with Crippen molar-refractivity contribution in [3.8, 4) is 5.75 Å². The fourth-order valence-electron chi connectivity index (χ4n) is 2.50. The van der Waals surface area contributed by atoms with Gasteiger partial charge in [0.05, 0.1) is 13.2 Å². The number of benzene rings is 1. The van der Waals surface area contributed by atoms with Crippen LogP contribution in [0.3, 0.4) is 0 Å². The highest BCUT2D eigenvalue weighted by molar-refractivity contribution is 5.43. The Bertz CT molecular complexity index is 391. The minimum absolute atomic E-state index is 0.652. The van der Waals surface area contributed by atoms with Crippen molar-refractivity contribution in [1.82, 2.24) is 5.32 Å². The quantitative estimate of drug-likeness (QED) is 0.665. The normalized spacial score (nSPS) is 11.1. The van der Waals surface area contributed by atoms with Crippen molar-refractivity contribution in [2.45, 2.75) is 47.1 Å². The van der Waals surface area contributed by atoms with Crippen LogP contribution in [0.5, 0.6) is 5.75 Å². The molecule has 1 rings (SSSR count). The third-order valence-corrected chi connectivity index (χ3v) is 3.95. The SMILES string of the molecule is CCC(CC)COc1c(C)cc(CNCCOC)cc1C. The van der Waals surface area contributed by atoms with E-state index in [0.717, 1.165) is 32.1 Å². The number of ether oxygens (including phenoxy) is 2. The zero-order valence-electron chi connectivity index (χ0n) is 14.3. The molecule has 0 aromatic heterocycles. The van der Waals surface area contributed by atoms with Gasteiger partial charge in [-0.05, 0) is 36.5 Å². The van der Waals surface area contributed by atoms with Gasteiger partial charge in [-0.2, -0.15) is 0 Å². The monoisotopic (exact) mass is 293 g/mol. The summed E-state index contributed by atoms with van der Waals surface area (Å²) in [7, 11) is 1.72. The van der Waals surface area contributed by atoms with E-state index in [9.17, 15) is 0 Å². The molecule has 1 aromatic rings. The molecule has 0 radical (unpaired) electrons. The van der Waals surface area contributed by atoms with Gasteiger partial charge in [0.1, 0.15) is 5.75 Å². The molecule has 0 spiro atoms. The number of hydrogen-bond acceptors (Lipinski definition) is 3. The van der Waals surface area contributed by atoms with Crippen molar-refractivity contribution >= 4 is 0 Å². The van der Waals surface area contributed by atoms with Crippen LogP contribution in [-0.2, 0) is 11.3 Å². The van der Waals surface area contributed by atoms with Gasteiger partial charge < -0.3 is 14.8 Å². The van der Waals surface area contributed by atoms with Gasteiger partial charge in [-0.3, -0.25) is 0 Å². The van der Waals surface area contributed by atoms with E-state index in [1.54, 1.807) is 7.11 Å². The summed E-state index contributed by atoms with van der Waals surface area (Å²) < 4.78 is 11.1. The molecule has 0 unspecified atom stereocenters. The van der Waals surface area contributed by atoms with E-state index in [2.05, 4.69) is 45.1 Å². The van der Waals surface area contributed by atoms with Crippen molar-refractivity contribution in [2.75, 3.05) is 26.9 Å². The standard InChI is InChI=1S/C18H31NO2/c1-6-16(7-2)13-21-18-14(3)10-17(11-15(18)4)12-19-8-9-20-5/h10-11,16,19H,6-9,12-13H2,1-5H3. The molecular weight excluding hydrogens is 262 g/mol. The van der Waals surface area contributed by atoms with Gasteiger partial charge in [-0.15, -0.1) is 0 Å². The largest absolute Gasteiger partial charge is 0.493 e. The van der Waals surface area contributed by atoms with Gasteiger partial charge in [0, 0.05) is 20.2 Å². The first-order valence-corrected chi connectivity index (χ1v) is 8.04. The van der Waals surface area contributed by atoms with Crippen molar-refractivity contribution in [3.63, 3.8) is 0 Å². The first kappa shape index (κ1) is 18.0. The van der Waals surface area contributed by atoms with Crippen LogP contribution >= 0.6 is 0 Å². The van der Waals surface area contributed by atoms with Crippen LogP contribution in [0.4, 0.5) is 0 Å². The molecule has 0 fully saturated rings. The van der Waals surface area contributed by atoms with Crippen LogP contribution in [0.15, 0.2) is 12.1 Å². The topological polar surface area (TPSA) is 30.5 Å². The van der Waals surface area contributed by atoms with Gasteiger partial charge in [0.25, 0.3) is 0 Å². The zero-order chi connectivity index (χ0) is 15.7. The second-order valence-electron chi connectivity index (χ2n) is 5.72. The molecule has 0 aliphatic rings. The summed E-state index contributed by atoms with van der Waals surface area (Å²) in [6.07, 6.45) is 2.35. The lowest BCUT2D eigenvalue weighted by Gasteiger charge is -2.18. The Morgan fingerprint density at radius 2 is 1.71 bits per heavy atom. The van der Waals surface area contributed by atoms with E-state index in [-0.39, 0.29) is 0 Å². The molecular formula is C18H31NO2. The molecule has 0 aliphatic carbocycles. The minimum atomic E-state index is 0.652. The highest BCUT2D eigenvalue weighted by atomic mass is 16.5. The van der Waals surface area contributed by atoms with Crippen LogP contribution in [0.25, 0.3) is 0 Å². The maximum atomic E-state index is 6.07. The van der Waals surface area contributed by atoms with E-state index in [1.165, 1.54) is 29.5 Å². The lowest BCUT2D eigenvalue weighted by molar-refractivity contribution is 0.199. The number of hydrogen-bond donors (Lipinski definition) is 1. The lowest BCUT2D eigenvalue weighted by Crippen LogP contribution is -2.18. The van der Waals surface area contributed by atoms with E-state index in [1.807, 2.05) is 0 Å². The Kier molecular flexibility index (Phi) is 8.40. The fraction of sp³-hybridized carbons (Fsp3) is 0.667. The van der Waals surface area contributed by atoms with Crippen LogP contribution in [0, 0.1) is 19.8 Å². The van der Waals surface area contributed by atoms with E-state index < -0.39 is 0 Å². The molecule has 0 saturated carbocycles. The van der Waals surface area contributed by atoms with Crippen molar-refractivity contribution < 1.29 is 9.47 Å². The second-order valence-corrected chi connectivity index (χ2v) is 5.72. The Labute approximate surface area is 130 Å². The van der Waals surface area contributed by atoms with E-state index >= 15 is 0 Å². The minimum Gasteiger partial charge on any atom is -0.493 e. The van der Waals surface area contributed by atoms with Crippen molar-refractivity contribution in [1.29, 1.82) is 0 Å². The average molecular weight is 293 g/mol. The van der Waals surface area contributed by atoms with Crippen molar-refractivity contribution in [3.05, 3.63) is 28.8 Å². The molecule has 0 atom stereocenters. The third kappa shape index (κ3) is 6.06. The van der Waals surface area contributed by atoms with Gasteiger partial charge in [-0.1, -0.05) is 38.8 Å². The van der Waals surface area contributed by atoms with E-state index in [0.29, 0.717) is 5.92 Å². The maximum absolute atomic E-state index is 6.07. The molecule has 0 bridgehead atoms. The second kappa shape index (κ2) is 9.80. The van der Waals surface area contributed by atoms with Crippen LogP contribution < -0.4 is 10.1 Å². The zero-order valence-corrected chi connectivity index (χ0v) is 14.3. The average Bonchev–Trinajstić information content (AvgIpc) is 2.47. The third-order valence-electron chi connectivity index (χ3n) is 3.95. The molecule has 1 N–H and O–H groups in total. The number of nitrogens with one attached hydrogen (secondary N) is 1. The summed E-state index contributed by atoms with van der Waals surface area (Å²) in [5.74, 6) is 1.71. The van der Waals surface area contributed by atoms with Gasteiger partial charge in [0.2, 0.25) is 0 Å². The molecule has 3 nitrogen and oxygen atoms in total. The fourth-order valence-corrected chi connectivity index (χ4v) is 2.50. The maximum Gasteiger partial charge on any atom is 0.125 e. The number of rotatable bonds is 10. The number of aryl methyl sites for hydroxylation is 2. The molecule has 1 aromatic carbocycles. The molecule has 3 heteroatoms.